The van der Waals surface area contributed by atoms with Crippen LogP contribution in [0.1, 0.15) is 39.7 Å². The van der Waals surface area contributed by atoms with Gasteiger partial charge in [0, 0.05) is 25.3 Å². The zero-order valence-corrected chi connectivity index (χ0v) is 29.1. The summed E-state index contributed by atoms with van der Waals surface area (Å²) < 4.78 is 44.5. The average Bonchev–Trinajstić information content (AvgIpc) is 3.18. The molecular formula is C43H46O8. The maximum Gasteiger partial charge on any atom is 0.222 e. The van der Waals surface area contributed by atoms with Crippen LogP contribution in [0.2, 0.25) is 0 Å². The Labute approximate surface area is 300 Å². The lowest BCUT2D eigenvalue weighted by atomic mass is 9.86. The van der Waals surface area contributed by atoms with E-state index in [1.165, 1.54) is 0 Å². The highest BCUT2D eigenvalue weighted by molar-refractivity contribution is 5.30. The van der Waals surface area contributed by atoms with Crippen LogP contribution >= 0.6 is 0 Å². The molecule has 1 fully saturated rings. The lowest BCUT2D eigenvalue weighted by Gasteiger charge is -2.50. The molecule has 5 aromatic rings. The molecule has 0 radical (unpaired) electrons. The van der Waals surface area contributed by atoms with Crippen molar-refractivity contribution >= 4 is 0 Å². The molecule has 8 heteroatoms. The lowest BCUT2D eigenvalue weighted by molar-refractivity contribution is -0.378. The summed E-state index contributed by atoms with van der Waals surface area (Å²) in [6.45, 7) is 1.21. The van der Waals surface area contributed by atoms with E-state index in [1.807, 2.05) is 146 Å². The molecule has 8 nitrogen and oxygen atoms in total. The van der Waals surface area contributed by atoms with Crippen molar-refractivity contribution in [2.45, 2.75) is 62.9 Å². The largest absolute Gasteiger partial charge is 0.374 e. The summed E-state index contributed by atoms with van der Waals surface area (Å²) in [4.78, 5) is 0. The Morgan fingerprint density at radius 2 is 1.04 bits per heavy atom. The summed E-state index contributed by atoms with van der Waals surface area (Å²) in [5, 5.41) is 13.0. The molecule has 0 aromatic heterocycles. The Kier molecular flexibility index (Phi) is 13.1. The molecule has 266 valence electrons. The molecule has 1 aliphatic heterocycles. The van der Waals surface area contributed by atoms with Crippen molar-refractivity contribution < 1.29 is 38.3 Å². The van der Waals surface area contributed by atoms with Gasteiger partial charge in [-0.1, -0.05) is 140 Å². The van der Waals surface area contributed by atoms with Gasteiger partial charge in [0.1, 0.15) is 24.4 Å². The Bertz CT molecular complexity index is 1720. The third-order valence-electron chi connectivity index (χ3n) is 8.94. The summed E-state index contributed by atoms with van der Waals surface area (Å²) in [6.07, 6.45) is -3.95. The Hall–Kier alpha value is -4.22. The van der Waals surface area contributed by atoms with Gasteiger partial charge in [-0.25, -0.2) is 0 Å². The smallest absolute Gasteiger partial charge is 0.222 e. The molecule has 0 amide bonds. The van der Waals surface area contributed by atoms with Crippen molar-refractivity contribution in [2.24, 2.45) is 0 Å². The molecule has 1 heterocycles. The second kappa shape index (κ2) is 18.3. The monoisotopic (exact) mass is 690 g/mol. The number of hydrogen-bond acceptors (Lipinski definition) is 8. The number of ether oxygens (including phenoxy) is 7. The van der Waals surface area contributed by atoms with E-state index in [2.05, 4.69) is 0 Å². The van der Waals surface area contributed by atoms with Gasteiger partial charge in [-0.3, -0.25) is 0 Å². The van der Waals surface area contributed by atoms with Crippen molar-refractivity contribution in [3.63, 3.8) is 0 Å². The van der Waals surface area contributed by atoms with Gasteiger partial charge in [-0.2, -0.15) is 0 Å². The van der Waals surface area contributed by atoms with Gasteiger partial charge in [-0.05, 0) is 28.3 Å². The molecule has 0 aliphatic carbocycles. The first-order valence-electron chi connectivity index (χ1n) is 17.2. The van der Waals surface area contributed by atoms with Gasteiger partial charge in [0.25, 0.3) is 0 Å². The lowest BCUT2D eigenvalue weighted by Crippen LogP contribution is -2.65. The average molecular weight is 691 g/mol. The normalized spacial score (nSPS) is 21.9. The van der Waals surface area contributed by atoms with Crippen molar-refractivity contribution in [2.75, 3.05) is 20.8 Å². The molecule has 1 N–H and O–H groups in total. The van der Waals surface area contributed by atoms with Gasteiger partial charge in [0.2, 0.25) is 5.79 Å². The van der Waals surface area contributed by atoms with E-state index < -0.39 is 36.5 Å². The van der Waals surface area contributed by atoms with Gasteiger partial charge >= 0.3 is 0 Å². The first-order chi connectivity index (χ1) is 25.1. The van der Waals surface area contributed by atoms with Crippen LogP contribution in [-0.4, -0.2) is 50.3 Å². The van der Waals surface area contributed by atoms with Crippen LogP contribution in [0, 0.1) is 0 Å². The molecule has 1 unspecified atom stereocenters. The highest BCUT2D eigenvalue weighted by Crippen LogP contribution is 2.42. The minimum absolute atomic E-state index is 0.117. The van der Waals surface area contributed by atoms with Gasteiger partial charge in [0.15, 0.2) is 6.29 Å². The molecule has 6 rings (SSSR count). The van der Waals surface area contributed by atoms with Crippen LogP contribution in [0.3, 0.4) is 0 Å². The maximum atomic E-state index is 13.0. The van der Waals surface area contributed by atoms with Crippen LogP contribution in [-0.2, 0) is 65.4 Å². The van der Waals surface area contributed by atoms with Crippen molar-refractivity contribution in [3.05, 3.63) is 179 Å². The molecule has 5 atom stereocenters. The standard InChI is InChI=1S/C43H46O8/c1-45-42(46-2)36-24-15-25-37(26-36)43(44)41(50-30-35-22-13-6-14-23-35)40(49-29-34-20-11-5-12-21-34)39(48-28-33-18-9-4-10-19-33)38(51-43)31-47-27-32-16-7-3-8-17-32/h3-26,38-42,44H,27-31H2,1-2H3/t38-,39-,40+,41-,43?/m1/s1. The second-order valence-electron chi connectivity index (χ2n) is 12.5. The fourth-order valence-corrected chi connectivity index (χ4v) is 6.36. The second-order valence-corrected chi connectivity index (χ2v) is 12.5. The van der Waals surface area contributed by atoms with Crippen LogP contribution in [0.15, 0.2) is 146 Å². The van der Waals surface area contributed by atoms with Crippen molar-refractivity contribution in [3.8, 4) is 0 Å². The molecular weight excluding hydrogens is 644 g/mol. The quantitative estimate of drug-likeness (QED) is 0.101. The number of hydrogen-bond donors (Lipinski definition) is 1. The topological polar surface area (TPSA) is 84.8 Å². The summed E-state index contributed by atoms with van der Waals surface area (Å²) in [5.41, 5.74) is 5.08. The van der Waals surface area contributed by atoms with E-state index >= 15 is 0 Å². The molecule has 1 saturated heterocycles. The van der Waals surface area contributed by atoms with E-state index in [0.29, 0.717) is 17.7 Å². The predicted molar refractivity (Wildman–Crippen MR) is 193 cm³/mol. The zero-order valence-electron chi connectivity index (χ0n) is 29.1. The molecule has 0 spiro atoms. The first kappa shape index (κ1) is 36.6. The summed E-state index contributed by atoms with van der Waals surface area (Å²) >= 11 is 0. The minimum atomic E-state index is -1.99. The number of methoxy groups -OCH3 is 2. The molecule has 51 heavy (non-hydrogen) atoms. The van der Waals surface area contributed by atoms with Crippen molar-refractivity contribution in [1.82, 2.24) is 0 Å². The minimum Gasteiger partial charge on any atom is -0.374 e. The molecule has 0 bridgehead atoms. The van der Waals surface area contributed by atoms with E-state index in [4.69, 9.17) is 33.2 Å². The van der Waals surface area contributed by atoms with E-state index in [1.54, 1.807) is 14.2 Å². The van der Waals surface area contributed by atoms with E-state index in [0.717, 1.165) is 22.3 Å². The zero-order chi connectivity index (χ0) is 35.3. The Balaban J connectivity index is 1.41. The third-order valence-corrected chi connectivity index (χ3v) is 8.94. The Morgan fingerprint density at radius 3 is 1.55 bits per heavy atom. The highest BCUT2D eigenvalue weighted by Gasteiger charge is 2.57. The molecule has 1 aliphatic rings. The van der Waals surface area contributed by atoms with Gasteiger partial charge in [-0.15, -0.1) is 0 Å². The van der Waals surface area contributed by atoms with Gasteiger partial charge < -0.3 is 38.3 Å². The number of aliphatic hydroxyl groups is 1. The summed E-state index contributed by atoms with van der Waals surface area (Å²) in [7, 11) is 3.14. The van der Waals surface area contributed by atoms with Crippen LogP contribution in [0.25, 0.3) is 0 Å². The van der Waals surface area contributed by atoms with Crippen LogP contribution < -0.4 is 0 Å². The SMILES string of the molecule is COC(OC)c1cccc(C2(O)O[C@H](COCc3ccccc3)[C@@H](OCc3ccccc3)[C@H](OCc3ccccc3)[C@H]2OCc2ccccc2)c1. The van der Waals surface area contributed by atoms with E-state index in [9.17, 15) is 5.11 Å². The van der Waals surface area contributed by atoms with Gasteiger partial charge in [0.05, 0.1) is 33.0 Å². The maximum absolute atomic E-state index is 13.0. The number of benzene rings is 5. The fraction of sp³-hybridized carbons (Fsp3) is 0.302. The highest BCUT2D eigenvalue weighted by atomic mass is 16.7. The molecule has 0 saturated carbocycles. The number of rotatable bonds is 17. The fourth-order valence-electron chi connectivity index (χ4n) is 6.36. The van der Waals surface area contributed by atoms with Crippen molar-refractivity contribution in [1.29, 1.82) is 0 Å². The third kappa shape index (κ3) is 9.56. The molecule has 5 aromatic carbocycles. The van der Waals surface area contributed by atoms with Crippen LogP contribution in [0.4, 0.5) is 0 Å². The first-order valence-corrected chi connectivity index (χ1v) is 17.2. The van der Waals surface area contributed by atoms with E-state index in [-0.39, 0.29) is 26.4 Å². The van der Waals surface area contributed by atoms with Crippen LogP contribution in [0.5, 0.6) is 0 Å². The summed E-state index contributed by atoms with van der Waals surface area (Å²) in [5.74, 6) is -1.99. The predicted octanol–water partition coefficient (Wildman–Crippen LogP) is 7.49. The Morgan fingerprint density at radius 1 is 0.569 bits per heavy atom. The summed E-state index contributed by atoms with van der Waals surface area (Å²) in [6, 6.07) is 47.0.